The molecule has 7 heteroatoms. The zero-order valence-electron chi connectivity index (χ0n) is 15.2. The van der Waals surface area contributed by atoms with Gasteiger partial charge in [0.1, 0.15) is 17.5 Å². The van der Waals surface area contributed by atoms with Crippen molar-refractivity contribution in [1.82, 2.24) is 10.6 Å². The molecule has 0 spiro atoms. The van der Waals surface area contributed by atoms with Crippen LogP contribution in [-0.4, -0.2) is 52.2 Å². The van der Waals surface area contributed by atoms with Crippen LogP contribution in [0.15, 0.2) is 18.2 Å². The van der Waals surface area contributed by atoms with E-state index in [1.165, 1.54) is 4.90 Å². The van der Waals surface area contributed by atoms with Gasteiger partial charge in [-0.05, 0) is 19.1 Å². The van der Waals surface area contributed by atoms with Gasteiger partial charge in [-0.1, -0.05) is 0 Å². The van der Waals surface area contributed by atoms with E-state index in [9.17, 15) is 9.59 Å². The molecule has 1 aliphatic rings. The Balaban J connectivity index is 2.00. The van der Waals surface area contributed by atoms with Crippen LogP contribution in [0.4, 0.5) is 0 Å². The van der Waals surface area contributed by atoms with Gasteiger partial charge in [-0.15, -0.1) is 0 Å². The fourth-order valence-electron chi connectivity index (χ4n) is 3.31. The number of rotatable bonds is 8. The summed E-state index contributed by atoms with van der Waals surface area (Å²) in [6, 6.07) is 6.01. The van der Waals surface area contributed by atoms with E-state index < -0.39 is 0 Å². The lowest BCUT2D eigenvalue weighted by atomic mass is 10.0. The molecule has 1 aromatic rings. The van der Waals surface area contributed by atoms with E-state index in [1.807, 2.05) is 25.1 Å². The van der Waals surface area contributed by atoms with Crippen LogP contribution in [0.25, 0.3) is 0 Å². The van der Waals surface area contributed by atoms with Crippen LogP contribution in [0.1, 0.15) is 31.4 Å². The van der Waals surface area contributed by atoms with Gasteiger partial charge >= 0.3 is 0 Å². The largest absolute Gasteiger partial charge is 0.497 e. The van der Waals surface area contributed by atoms with Gasteiger partial charge in [-0.3, -0.25) is 9.59 Å². The monoisotopic (exact) mass is 350 g/mol. The Hall–Kier alpha value is -2.28. The quantitative estimate of drug-likeness (QED) is 0.600. The number of ether oxygens (including phenoxy) is 2. The topological polar surface area (TPSA) is 81.1 Å². The molecule has 2 atom stereocenters. The molecule has 2 amide bonds. The number of methoxy groups -OCH3 is 2. The van der Waals surface area contributed by atoms with Crippen LogP contribution in [-0.2, 0) is 9.59 Å². The maximum Gasteiger partial charge on any atom is 0.275 e. The normalized spacial score (nSPS) is 19.3. The second kappa shape index (κ2) is 9.27. The van der Waals surface area contributed by atoms with Crippen molar-refractivity contribution in [2.45, 2.75) is 25.8 Å². The molecule has 1 saturated heterocycles. The van der Waals surface area contributed by atoms with Crippen LogP contribution < -0.4 is 25.0 Å². The first-order valence-electron chi connectivity index (χ1n) is 8.69. The van der Waals surface area contributed by atoms with Gasteiger partial charge in [-0.25, -0.2) is 0 Å². The number of quaternary nitrogens is 1. The van der Waals surface area contributed by atoms with Crippen molar-refractivity contribution in [1.29, 1.82) is 0 Å². The van der Waals surface area contributed by atoms with Gasteiger partial charge in [0.2, 0.25) is 5.91 Å². The minimum atomic E-state index is -0.166. The van der Waals surface area contributed by atoms with Gasteiger partial charge < -0.3 is 25.0 Å². The molecule has 1 unspecified atom stereocenters. The molecule has 2 rings (SSSR count). The second-order valence-electron chi connectivity index (χ2n) is 6.12. The van der Waals surface area contributed by atoms with E-state index in [-0.39, 0.29) is 24.4 Å². The van der Waals surface area contributed by atoms with Crippen molar-refractivity contribution in [2.75, 3.05) is 40.4 Å². The molecule has 0 saturated carbocycles. The van der Waals surface area contributed by atoms with Crippen LogP contribution in [0.2, 0.25) is 0 Å². The van der Waals surface area contributed by atoms with Crippen LogP contribution in [0, 0.1) is 0 Å². The van der Waals surface area contributed by atoms with Gasteiger partial charge in [0.25, 0.3) is 5.91 Å². The Morgan fingerprint density at radius 2 is 2.00 bits per heavy atom. The van der Waals surface area contributed by atoms with E-state index >= 15 is 0 Å². The number of amides is 2. The highest BCUT2D eigenvalue weighted by Crippen LogP contribution is 2.31. The standard InChI is InChI=1S/C18H27N3O4/c1-4-19-17(22)11-20-18(23)12-21-9-5-6-15(21)14-8-7-13(24-2)10-16(14)25-3/h7-8,10,15H,4-6,9,11-12H2,1-3H3,(H,19,22)(H,20,23)/p+1/t15-/m0/s1. The molecule has 0 aromatic heterocycles. The van der Waals surface area contributed by atoms with E-state index in [0.717, 1.165) is 36.4 Å². The first-order chi connectivity index (χ1) is 12.1. The number of hydrogen-bond donors (Lipinski definition) is 3. The van der Waals surface area contributed by atoms with Crippen molar-refractivity contribution >= 4 is 11.8 Å². The Labute approximate surface area is 148 Å². The Morgan fingerprint density at radius 1 is 1.20 bits per heavy atom. The van der Waals surface area contributed by atoms with Crippen LogP contribution in [0.5, 0.6) is 11.5 Å². The van der Waals surface area contributed by atoms with Crippen molar-refractivity contribution in [3.05, 3.63) is 23.8 Å². The van der Waals surface area contributed by atoms with Crippen molar-refractivity contribution in [3.63, 3.8) is 0 Å². The lowest BCUT2D eigenvalue weighted by Crippen LogP contribution is -3.11. The zero-order valence-corrected chi connectivity index (χ0v) is 15.2. The molecule has 0 aliphatic carbocycles. The Morgan fingerprint density at radius 3 is 2.68 bits per heavy atom. The fourth-order valence-corrected chi connectivity index (χ4v) is 3.31. The molecule has 0 bridgehead atoms. The number of likely N-dealkylation sites (N-methyl/N-ethyl adjacent to an activating group) is 1. The lowest BCUT2D eigenvalue weighted by molar-refractivity contribution is -0.910. The molecule has 1 fully saturated rings. The highest BCUT2D eigenvalue weighted by Gasteiger charge is 2.33. The Kier molecular flexibility index (Phi) is 7.06. The third-order valence-corrected chi connectivity index (χ3v) is 4.51. The summed E-state index contributed by atoms with van der Waals surface area (Å²) < 4.78 is 10.8. The van der Waals surface area contributed by atoms with Gasteiger partial charge in [0, 0.05) is 25.5 Å². The first kappa shape index (κ1) is 19.1. The van der Waals surface area contributed by atoms with Crippen molar-refractivity contribution < 1.29 is 24.0 Å². The molecule has 1 aliphatic heterocycles. The van der Waals surface area contributed by atoms with Gasteiger partial charge in [0.15, 0.2) is 6.54 Å². The number of carbonyl (C=O) groups excluding carboxylic acids is 2. The summed E-state index contributed by atoms with van der Waals surface area (Å²) in [5, 5.41) is 5.36. The molecule has 0 radical (unpaired) electrons. The summed E-state index contributed by atoms with van der Waals surface area (Å²) in [5.74, 6) is 1.26. The SMILES string of the molecule is CCNC(=O)CNC(=O)C[NH+]1CCC[C@H]1c1ccc(OC)cc1OC. The van der Waals surface area contributed by atoms with Gasteiger partial charge in [-0.2, -0.15) is 0 Å². The average Bonchev–Trinajstić information content (AvgIpc) is 3.07. The summed E-state index contributed by atoms with van der Waals surface area (Å²) in [6.45, 7) is 3.70. The van der Waals surface area contributed by atoms with Crippen LogP contribution in [0.3, 0.4) is 0 Å². The number of hydrogen-bond acceptors (Lipinski definition) is 4. The summed E-state index contributed by atoms with van der Waals surface area (Å²) in [4.78, 5) is 24.8. The van der Waals surface area contributed by atoms with Crippen molar-refractivity contribution in [2.24, 2.45) is 0 Å². The number of nitrogens with one attached hydrogen (secondary N) is 3. The third kappa shape index (κ3) is 5.09. The number of benzene rings is 1. The molecule has 25 heavy (non-hydrogen) atoms. The van der Waals surface area contributed by atoms with E-state index in [2.05, 4.69) is 10.6 Å². The number of carbonyl (C=O) groups is 2. The molecule has 1 heterocycles. The summed E-state index contributed by atoms with van der Waals surface area (Å²) >= 11 is 0. The number of likely N-dealkylation sites (tertiary alicyclic amines) is 1. The summed E-state index contributed by atoms with van der Waals surface area (Å²) in [6.07, 6.45) is 2.06. The predicted octanol–water partition coefficient (Wildman–Crippen LogP) is -0.324. The van der Waals surface area contributed by atoms with Crippen molar-refractivity contribution in [3.8, 4) is 11.5 Å². The molecule has 138 valence electrons. The van der Waals surface area contributed by atoms with E-state index in [0.29, 0.717) is 13.1 Å². The lowest BCUT2D eigenvalue weighted by Gasteiger charge is -2.23. The second-order valence-corrected chi connectivity index (χ2v) is 6.12. The maximum absolute atomic E-state index is 12.2. The zero-order chi connectivity index (χ0) is 18.2. The highest BCUT2D eigenvalue weighted by molar-refractivity contribution is 5.84. The highest BCUT2D eigenvalue weighted by atomic mass is 16.5. The molecule has 3 N–H and O–H groups in total. The van der Waals surface area contributed by atoms with Crippen LogP contribution >= 0.6 is 0 Å². The van der Waals surface area contributed by atoms with Gasteiger partial charge in [0.05, 0.1) is 32.9 Å². The minimum absolute atomic E-state index is 0.0243. The summed E-state index contributed by atoms with van der Waals surface area (Å²) in [7, 11) is 3.27. The summed E-state index contributed by atoms with van der Waals surface area (Å²) in [5.41, 5.74) is 1.09. The average molecular weight is 350 g/mol. The van der Waals surface area contributed by atoms with E-state index in [1.54, 1.807) is 14.2 Å². The maximum atomic E-state index is 12.2. The molecule has 7 nitrogen and oxygen atoms in total. The molecular formula is C18H28N3O4+. The fraction of sp³-hybridized carbons (Fsp3) is 0.556. The predicted molar refractivity (Wildman–Crippen MR) is 93.9 cm³/mol. The Bertz CT molecular complexity index is 606. The molecular weight excluding hydrogens is 322 g/mol. The van der Waals surface area contributed by atoms with E-state index in [4.69, 9.17) is 9.47 Å². The smallest absolute Gasteiger partial charge is 0.275 e. The molecule has 1 aromatic carbocycles. The first-order valence-corrected chi connectivity index (χ1v) is 8.69. The third-order valence-electron chi connectivity index (χ3n) is 4.51. The minimum Gasteiger partial charge on any atom is -0.497 e.